The molecule has 1 aromatic carbocycles. The van der Waals surface area contributed by atoms with E-state index < -0.39 is 0 Å². The highest BCUT2D eigenvalue weighted by Gasteiger charge is 2.32. The first-order chi connectivity index (χ1) is 12.2. The van der Waals surface area contributed by atoms with Crippen molar-refractivity contribution in [1.29, 1.82) is 0 Å². The van der Waals surface area contributed by atoms with Crippen molar-refractivity contribution in [3.63, 3.8) is 0 Å². The molecule has 132 valence electrons. The van der Waals surface area contributed by atoms with Gasteiger partial charge in [0.15, 0.2) is 0 Å². The summed E-state index contributed by atoms with van der Waals surface area (Å²) in [7, 11) is 1.58. The van der Waals surface area contributed by atoms with Gasteiger partial charge in [0.2, 0.25) is 5.91 Å². The first-order valence-electron chi connectivity index (χ1n) is 8.80. The van der Waals surface area contributed by atoms with Gasteiger partial charge in [-0.2, -0.15) is 0 Å². The van der Waals surface area contributed by atoms with E-state index in [0.717, 1.165) is 31.1 Å². The zero-order valence-corrected chi connectivity index (χ0v) is 14.3. The Bertz CT molecular complexity index is 809. The number of hydrogen-bond acceptors (Lipinski definition) is 4. The third-order valence-corrected chi connectivity index (χ3v) is 5.00. The number of methoxy groups -OCH3 is 1. The van der Waals surface area contributed by atoms with Gasteiger partial charge < -0.3 is 19.4 Å². The number of piperidine rings is 1. The van der Waals surface area contributed by atoms with Crippen LogP contribution in [0, 0.1) is 5.92 Å². The molecule has 25 heavy (non-hydrogen) atoms. The fraction of sp³-hybridized carbons (Fsp3) is 0.474. The Labute approximate surface area is 146 Å². The van der Waals surface area contributed by atoms with Gasteiger partial charge in [-0.3, -0.25) is 9.59 Å². The van der Waals surface area contributed by atoms with Crippen LogP contribution in [0.5, 0.6) is 5.75 Å². The minimum atomic E-state index is -0.118. The molecule has 1 N–H and O–H groups in total. The minimum Gasteiger partial charge on any atom is -0.496 e. The van der Waals surface area contributed by atoms with Crippen molar-refractivity contribution in [1.82, 2.24) is 10.2 Å². The third kappa shape index (κ3) is 3.21. The number of likely N-dealkylation sites (tertiary alicyclic amines) is 1. The predicted octanol–water partition coefficient (Wildman–Crippen LogP) is 2.57. The van der Waals surface area contributed by atoms with E-state index >= 15 is 0 Å². The van der Waals surface area contributed by atoms with Crippen LogP contribution in [-0.4, -0.2) is 43.0 Å². The van der Waals surface area contributed by atoms with Crippen LogP contribution in [-0.2, 0) is 4.79 Å². The highest BCUT2D eigenvalue weighted by atomic mass is 16.5. The molecule has 1 saturated heterocycles. The van der Waals surface area contributed by atoms with Crippen molar-refractivity contribution in [2.45, 2.75) is 31.7 Å². The monoisotopic (exact) mass is 342 g/mol. The lowest BCUT2D eigenvalue weighted by molar-refractivity contribution is -0.126. The molecule has 1 aliphatic carbocycles. The summed E-state index contributed by atoms with van der Waals surface area (Å²) in [4.78, 5) is 27.0. The first-order valence-corrected chi connectivity index (χ1v) is 8.80. The molecule has 6 nitrogen and oxygen atoms in total. The Kier molecular flexibility index (Phi) is 4.11. The van der Waals surface area contributed by atoms with Crippen molar-refractivity contribution in [3.8, 4) is 5.75 Å². The van der Waals surface area contributed by atoms with Gasteiger partial charge in [0.1, 0.15) is 11.3 Å². The van der Waals surface area contributed by atoms with E-state index in [0.29, 0.717) is 36.0 Å². The second-order valence-corrected chi connectivity index (χ2v) is 6.88. The van der Waals surface area contributed by atoms with Crippen molar-refractivity contribution < 1.29 is 18.7 Å². The molecule has 6 heteroatoms. The van der Waals surface area contributed by atoms with Crippen LogP contribution in [0.3, 0.4) is 0 Å². The Balaban J connectivity index is 1.52. The Morgan fingerprint density at radius 1 is 1.28 bits per heavy atom. The summed E-state index contributed by atoms with van der Waals surface area (Å²) in [6.45, 7) is 1.14. The smallest absolute Gasteiger partial charge is 0.254 e. The molecular weight excluding hydrogens is 320 g/mol. The average Bonchev–Trinajstić information content (AvgIpc) is 3.33. The lowest BCUT2D eigenvalue weighted by atomic mass is 9.96. The molecule has 2 aliphatic rings. The van der Waals surface area contributed by atoms with Gasteiger partial charge in [0, 0.05) is 24.7 Å². The van der Waals surface area contributed by atoms with Crippen molar-refractivity contribution in [3.05, 3.63) is 30.0 Å². The first kappa shape index (κ1) is 16.0. The maximum absolute atomic E-state index is 12.9. The summed E-state index contributed by atoms with van der Waals surface area (Å²) in [5.41, 5.74) is 1.16. The second-order valence-electron chi connectivity index (χ2n) is 6.88. The van der Waals surface area contributed by atoms with Crippen LogP contribution in [0.15, 0.2) is 28.9 Å². The number of benzene rings is 1. The SMILES string of the molecule is COc1cc(C(=O)N2CCC[C@H](C(=O)NC3CC3)C2)cc2occc12. The minimum absolute atomic E-state index is 0.0825. The van der Waals surface area contributed by atoms with Crippen LogP contribution in [0.25, 0.3) is 11.0 Å². The van der Waals surface area contributed by atoms with Gasteiger partial charge in [-0.1, -0.05) is 0 Å². The number of hydrogen-bond donors (Lipinski definition) is 1. The number of carbonyl (C=O) groups is 2. The topological polar surface area (TPSA) is 71.8 Å². The van der Waals surface area contributed by atoms with Gasteiger partial charge in [-0.05, 0) is 43.9 Å². The van der Waals surface area contributed by atoms with Crippen LogP contribution >= 0.6 is 0 Å². The lowest BCUT2D eigenvalue weighted by Crippen LogP contribution is -2.45. The van der Waals surface area contributed by atoms with Crippen LogP contribution < -0.4 is 10.1 Å². The van der Waals surface area contributed by atoms with E-state index in [9.17, 15) is 9.59 Å². The molecule has 0 bridgehead atoms. The Morgan fingerprint density at radius 3 is 2.88 bits per heavy atom. The molecule has 1 aliphatic heterocycles. The molecule has 0 radical (unpaired) electrons. The van der Waals surface area contributed by atoms with Crippen molar-refractivity contribution in [2.24, 2.45) is 5.92 Å². The molecule has 1 aromatic heterocycles. The zero-order valence-electron chi connectivity index (χ0n) is 14.3. The van der Waals surface area contributed by atoms with Gasteiger partial charge >= 0.3 is 0 Å². The molecule has 0 spiro atoms. The molecular formula is C19H22N2O4. The van der Waals surface area contributed by atoms with Gasteiger partial charge in [-0.15, -0.1) is 0 Å². The van der Waals surface area contributed by atoms with Crippen molar-refractivity contribution >= 4 is 22.8 Å². The fourth-order valence-electron chi connectivity index (χ4n) is 3.44. The summed E-state index contributed by atoms with van der Waals surface area (Å²) < 4.78 is 10.8. The normalized spacial score (nSPS) is 20.5. The second kappa shape index (κ2) is 6.43. The average molecular weight is 342 g/mol. The molecule has 1 atom stereocenters. The molecule has 4 rings (SSSR count). The lowest BCUT2D eigenvalue weighted by Gasteiger charge is -2.32. The number of carbonyl (C=O) groups excluding carboxylic acids is 2. The number of furan rings is 1. The molecule has 0 unspecified atom stereocenters. The number of nitrogens with zero attached hydrogens (tertiary/aromatic N) is 1. The number of ether oxygens (including phenoxy) is 1. The van der Waals surface area contributed by atoms with E-state index in [1.807, 2.05) is 6.07 Å². The largest absolute Gasteiger partial charge is 0.496 e. The predicted molar refractivity (Wildman–Crippen MR) is 92.6 cm³/mol. The summed E-state index contributed by atoms with van der Waals surface area (Å²) in [5.74, 6) is 0.502. The number of nitrogens with one attached hydrogen (secondary N) is 1. The molecule has 2 fully saturated rings. The molecule has 2 amide bonds. The molecule has 2 aromatic rings. The van der Waals surface area contributed by atoms with E-state index in [1.165, 1.54) is 0 Å². The number of amides is 2. The highest BCUT2D eigenvalue weighted by molar-refractivity contribution is 5.99. The van der Waals surface area contributed by atoms with Crippen LogP contribution in [0.1, 0.15) is 36.0 Å². The number of rotatable bonds is 4. The van der Waals surface area contributed by atoms with E-state index in [4.69, 9.17) is 9.15 Å². The van der Waals surface area contributed by atoms with Crippen LogP contribution in [0.4, 0.5) is 0 Å². The Morgan fingerprint density at radius 2 is 2.12 bits per heavy atom. The quantitative estimate of drug-likeness (QED) is 0.927. The summed E-state index contributed by atoms with van der Waals surface area (Å²) in [6, 6.07) is 5.66. The van der Waals surface area contributed by atoms with E-state index in [2.05, 4.69) is 5.32 Å². The van der Waals surface area contributed by atoms with E-state index in [1.54, 1.807) is 30.4 Å². The van der Waals surface area contributed by atoms with Gasteiger partial charge in [-0.25, -0.2) is 0 Å². The summed E-state index contributed by atoms with van der Waals surface area (Å²) >= 11 is 0. The van der Waals surface area contributed by atoms with Gasteiger partial charge in [0.05, 0.1) is 24.7 Å². The summed E-state index contributed by atoms with van der Waals surface area (Å²) in [6.07, 6.45) is 5.41. The van der Waals surface area contributed by atoms with Crippen LogP contribution in [0.2, 0.25) is 0 Å². The molecule has 1 saturated carbocycles. The Hall–Kier alpha value is -2.50. The maximum atomic E-state index is 12.9. The van der Waals surface area contributed by atoms with Gasteiger partial charge in [0.25, 0.3) is 5.91 Å². The fourth-order valence-corrected chi connectivity index (χ4v) is 3.44. The van der Waals surface area contributed by atoms with Crippen molar-refractivity contribution in [2.75, 3.05) is 20.2 Å². The number of fused-ring (bicyclic) bond motifs is 1. The summed E-state index contributed by atoms with van der Waals surface area (Å²) in [5, 5.41) is 3.90. The van der Waals surface area contributed by atoms with E-state index in [-0.39, 0.29) is 17.7 Å². The molecule has 2 heterocycles. The standard InChI is InChI=1S/C19H22N2O4/c1-24-16-9-13(10-17-15(16)6-8-25-17)19(23)21-7-2-3-12(11-21)18(22)20-14-4-5-14/h6,8-10,12,14H,2-5,7,11H2,1H3,(H,20,22)/t12-/m0/s1. The third-order valence-electron chi connectivity index (χ3n) is 5.00. The zero-order chi connectivity index (χ0) is 17.4. The maximum Gasteiger partial charge on any atom is 0.254 e. The highest BCUT2D eigenvalue weighted by Crippen LogP contribution is 2.30.